The van der Waals surface area contributed by atoms with E-state index in [-0.39, 0.29) is 0 Å². The summed E-state index contributed by atoms with van der Waals surface area (Å²) in [6, 6.07) is 0. The van der Waals surface area contributed by atoms with Gasteiger partial charge in [-0.2, -0.15) is 0 Å². The zero-order valence-electron chi connectivity index (χ0n) is 5.72. The van der Waals surface area contributed by atoms with E-state index < -0.39 is 0 Å². The lowest BCUT2D eigenvalue weighted by atomic mass is 10.3. The van der Waals surface area contributed by atoms with Gasteiger partial charge in [-0.1, -0.05) is 0 Å². The fourth-order valence-electron chi connectivity index (χ4n) is 0.437. The number of hydrogen-bond acceptors (Lipinski definition) is 1. The summed E-state index contributed by atoms with van der Waals surface area (Å²) in [5.74, 6) is 3.16. The Morgan fingerprint density at radius 3 is 2.89 bits per heavy atom. The van der Waals surface area contributed by atoms with Crippen molar-refractivity contribution >= 4 is 5.84 Å². The van der Waals surface area contributed by atoms with Crippen LogP contribution in [0, 0.1) is 12.3 Å². The van der Waals surface area contributed by atoms with Gasteiger partial charge in [0, 0.05) is 13.0 Å². The highest BCUT2D eigenvalue weighted by molar-refractivity contribution is 5.77. The number of amidine groups is 1. The molecule has 2 heteroatoms. The first-order valence-electron chi connectivity index (χ1n) is 2.97. The highest BCUT2D eigenvalue weighted by Crippen LogP contribution is 1.85. The zero-order valence-corrected chi connectivity index (χ0v) is 5.72. The van der Waals surface area contributed by atoms with Gasteiger partial charge in [0.25, 0.3) is 0 Å². The molecular weight excluding hydrogens is 112 g/mol. The van der Waals surface area contributed by atoms with Crippen molar-refractivity contribution in [1.82, 2.24) is 0 Å². The Morgan fingerprint density at radius 2 is 2.44 bits per heavy atom. The van der Waals surface area contributed by atoms with Crippen molar-refractivity contribution in [2.45, 2.75) is 19.8 Å². The smallest absolute Gasteiger partial charge is 0.0905 e. The maximum absolute atomic E-state index is 5.27. The number of aliphatic imine (C=N–C) groups is 1. The van der Waals surface area contributed by atoms with E-state index in [2.05, 4.69) is 10.9 Å². The summed E-state index contributed by atoms with van der Waals surface area (Å²) in [5, 5.41) is 0. The van der Waals surface area contributed by atoms with E-state index in [1.807, 2.05) is 0 Å². The summed E-state index contributed by atoms with van der Waals surface area (Å²) < 4.78 is 0. The van der Waals surface area contributed by atoms with Crippen LogP contribution in [-0.2, 0) is 0 Å². The molecule has 0 saturated carbocycles. The van der Waals surface area contributed by atoms with Gasteiger partial charge in [-0.15, -0.1) is 12.3 Å². The van der Waals surface area contributed by atoms with Crippen molar-refractivity contribution in [1.29, 1.82) is 0 Å². The molecule has 0 spiro atoms. The molecule has 0 aromatic heterocycles. The van der Waals surface area contributed by atoms with Gasteiger partial charge in [-0.3, -0.25) is 4.99 Å². The molecular formula is C7H12N2. The largest absolute Gasteiger partial charge is 0.388 e. The summed E-state index contributed by atoms with van der Waals surface area (Å²) in [6.07, 6.45) is 6.74. The molecule has 9 heavy (non-hydrogen) atoms. The standard InChI is InChI=1S/C7H12N2/c1-3-4-5-6-9-7(2)8/h1H,4-6H2,2H3,(H2,8,9). The van der Waals surface area contributed by atoms with Crippen LogP contribution in [0.4, 0.5) is 0 Å². The van der Waals surface area contributed by atoms with Crippen LogP contribution < -0.4 is 5.73 Å². The van der Waals surface area contributed by atoms with Gasteiger partial charge in [-0.05, 0) is 13.3 Å². The molecule has 2 nitrogen and oxygen atoms in total. The highest BCUT2D eigenvalue weighted by atomic mass is 14.8. The molecule has 2 N–H and O–H groups in total. The third-order valence-corrected chi connectivity index (χ3v) is 0.840. The number of nitrogens with two attached hydrogens (primary N) is 1. The van der Waals surface area contributed by atoms with Crippen molar-refractivity contribution in [2.24, 2.45) is 10.7 Å². The Bertz CT molecular complexity index is 126. The summed E-state index contributed by atoms with van der Waals surface area (Å²) in [7, 11) is 0. The first-order chi connectivity index (χ1) is 4.27. The quantitative estimate of drug-likeness (QED) is 0.257. The van der Waals surface area contributed by atoms with Crippen LogP contribution in [0.25, 0.3) is 0 Å². The summed E-state index contributed by atoms with van der Waals surface area (Å²) >= 11 is 0. The van der Waals surface area contributed by atoms with E-state index in [1.54, 1.807) is 6.92 Å². The van der Waals surface area contributed by atoms with Crippen molar-refractivity contribution < 1.29 is 0 Å². The van der Waals surface area contributed by atoms with Gasteiger partial charge in [0.15, 0.2) is 0 Å². The van der Waals surface area contributed by atoms with Crippen LogP contribution >= 0.6 is 0 Å². The molecule has 0 aromatic carbocycles. The van der Waals surface area contributed by atoms with Gasteiger partial charge < -0.3 is 5.73 Å². The van der Waals surface area contributed by atoms with Crippen molar-refractivity contribution in [3.05, 3.63) is 0 Å². The molecule has 0 amide bonds. The third kappa shape index (κ3) is 7.03. The molecule has 0 atom stereocenters. The lowest BCUT2D eigenvalue weighted by Gasteiger charge is -1.89. The number of hydrogen-bond donors (Lipinski definition) is 1. The molecule has 50 valence electrons. The third-order valence-electron chi connectivity index (χ3n) is 0.840. The monoisotopic (exact) mass is 124 g/mol. The molecule has 0 heterocycles. The highest BCUT2D eigenvalue weighted by Gasteiger charge is 1.80. The average Bonchev–Trinajstić information content (AvgIpc) is 1.80. The molecule has 0 rings (SSSR count). The fourth-order valence-corrected chi connectivity index (χ4v) is 0.437. The van der Waals surface area contributed by atoms with E-state index in [9.17, 15) is 0 Å². The van der Waals surface area contributed by atoms with Crippen LogP contribution in [0.15, 0.2) is 4.99 Å². The molecule has 0 aliphatic heterocycles. The van der Waals surface area contributed by atoms with E-state index in [4.69, 9.17) is 12.2 Å². The normalized spacial score (nSPS) is 10.9. The van der Waals surface area contributed by atoms with Crippen molar-refractivity contribution in [3.8, 4) is 12.3 Å². The summed E-state index contributed by atoms with van der Waals surface area (Å²) in [5.41, 5.74) is 5.27. The molecule has 0 aliphatic rings. The molecule has 0 saturated heterocycles. The first kappa shape index (κ1) is 8.03. The van der Waals surface area contributed by atoms with E-state index in [1.165, 1.54) is 0 Å². The van der Waals surface area contributed by atoms with Crippen LogP contribution in [-0.4, -0.2) is 12.4 Å². The number of unbranched alkanes of at least 4 members (excludes halogenated alkanes) is 1. The first-order valence-corrected chi connectivity index (χ1v) is 2.97. The molecule has 0 fully saturated rings. The Hall–Kier alpha value is -0.970. The second-order valence-corrected chi connectivity index (χ2v) is 1.83. The van der Waals surface area contributed by atoms with Crippen molar-refractivity contribution in [3.63, 3.8) is 0 Å². The second-order valence-electron chi connectivity index (χ2n) is 1.83. The molecule has 0 bridgehead atoms. The predicted octanol–water partition coefficient (Wildman–Crippen LogP) is 0.777. The summed E-state index contributed by atoms with van der Waals surface area (Å²) in [6.45, 7) is 2.53. The maximum Gasteiger partial charge on any atom is 0.0905 e. The Kier molecular flexibility index (Phi) is 4.61. The van der Waals surface area contributed by atoms with Gasteiger partial charge in [0.2, 0.25) is 0 Å². The Balaban J connectivity index is 3.12. The number of terminal acetylenes is 1. The van der Waals surface area contributed by atoms with Gasteiger partial charge in [0.1, 0.15) is 0 Å². The minimum absolute atomic E-state index is 0.632. The minimum atomic E-state index is 0.632. The van der Waals surface area contributed by atoms with Crippen LogP contribution in [0.2, 0.25) is 0 Å². The van der Waals surface area contributed by atoms with E-state index in [0.29, 0.717) is 5.84 Å². The van der Waals surface area contributed by atoms with Crippen LogP contribution in [0.1, 0.15) is 19.8 Å². The van der Waals surface area contributed by atoms with E-state index in [0.717, 1.165) is 19.4 Å². The van der Waals surface area contributed by atoms with Gasteiger partial charge in [0.05, 0.1) is 5.84 Å². The lowest BCUT2D eigenvalue weighted by molar-refractivity contribution is 0.869. The van der Waals surface area contributed by atoms with Crippen LogP contribution in [0.3, 0.4) is 0 Å². The minimum Gasteiger partial charge on any atom is -0.388 e. The van der Waals surface area contributed by atoms with Crippen molar-refractivity contribution in [2.75, 3.05) is 6.54 Å². The Labute approximate surface area is 56.2 Å². The fraction of sp³-hybridized carbons (Fsp3) is 0.571. The van der Waals surface area contributed by atoms with Crippen LogP contribution in [0.5, 0.6) is 0 Å². The number of rotatable bonds is 3. The van der Waals surface area contributed by atoms with E-state index >= 15 is 0 Å². The summed E-state index contributed by atoms with van der Waals surface area (Å²) in [4.78, 5) is 3.96. The molecule has 0 aliphatic carbocycles. The lowest BCUT2D eigenvalue weighted by Crippen LogP contribution is -2.05. The average molecular weight is 124 g/mol. The SMILES string of the molecule is C#CCCCN=C(C)N. The Morgan fingerprint density at radius 1 is 1.78 bits per heavy atom. The molecule has 0 radical (unpaired) electrons. The topological polar surface area (TPSA) is 38.4 Å². The van der Waals surface area contributed by atoms with Gasteiger partial charge >= 0.3 is 0 Å². The molecule has 0 unspecified atom stereocenters. The predicted molar refractivity (Wildman–Crippen MR) is 40.2 cm³/mol. The number of nitrogens with zero attached hydrogens (tertiary/aromatic N) is 1. The van der Waals surface area contributed by atoms with Gasteiger partial charge in [-0.25, -0.2) is 0 Å². The molecule has 0 aromatic rings. The zero-order chi connectivity index (χ0) is 7.11. The second kappa shape index (κ2) is 5.17. The maximum atomic E-state index is 5.27.